The largest absolute Gasteiger partial charge is 0.395 e. The van der Waals surface area contributed by atoms with Crippen molar-refractivity contribution >= 4 is 11.0 Å². The van der Waals surface area contributed by atoms with E-state index in [1.807, 2.05) is 6.07 Å². The number of pyridine rings is 1. The molecule has 0 unspecified atom stereocenters. The van der Waals surface area contributed by atoms with Crippen LogP contribution in [0.25, 0.3) is 11.0 Å². The van der Waals surface area contributed by atoms with Crippen LogP contribution in [-0.4, -0.2) is 34.7 Å². The molecule has 3 heterocycles. The molecule has 0 amide bonds. The van der Waals surface area contributed by atoms with Gasteiger partial charge >= 0.3 is 0 Å². The third-order valence-corrected chi connectivity index (χ3v) is 3.76. The molecule has 2 aromatic rings. The molecule has 0 spiro atoms. The Kier molecular flexibility index (Phi) is 3.87. The lowest BCUT2D eigenvalue weighted by Crippen LogP contribution is -2.26. The molecule has 0 N–H and O–H groups in total. The van der Waals surface area contributed by atoms with E-state index in [1.54, 1.807) is 11.0 Å². The Morgan fingerprint density at radius 3 is 2.95 bits per heavy atom. The molecular weight excluding hydrogens is 254 g/mol. The fourth-order valence-corrected chi connectivity index (χ4v) is 2.55. The third-order valence-electron chi connectivity index (χ3n) is 3.76. The lowest BCUT2D eigenvalue weighted by molar-refractivity contribution is 0.00776. The Hall–Kier alpha value is -1.62. The average Bonchev–Trinajstić information content (AvgIpc) is 2.85. The Bertz CT molecular complexity index is 574. The van der Waals surface area contributed by atoms with E-state index in [2.05, 4.69) is 30.0 Å². The van der Waals surface area contributed by atoms with Gasteiger partial charge in [-0.25, -0.2) is 4.98 Å². The fourth-order valence-electron chi connectivity index (χ4n) is 2.55. The van der Waals surface area contributed by atoms with E-state index in [-0.39, 0.29) is 0 Å². The second-order valence-corrected chi connectivity index (χ2v) is 5.64. The molecule has 0 saturated carbocycles. The summed E-state index contributed by atoms with van der Waals surface area (Å²) in [4.78, 5) is 11.9. The van der Waals surface area contributed by atoms with Crippen molar-refractivity contribution in [3.05, 3.63) is 24.0 Å². The molecule has 1 fully saturated rings. The lowest BCUT2D eigenvalue weighted by Gasteiger charge is -2.21. The number of nitrogens with zero attached hydrogens (tertiary/aromatic N) is 3. The molecule has 108 valence electrons. The maximum Gasteiger partial charge on any atom is 0.199 e. The smallest absolute Gasteiger partial charge is 0.199 e. The first-order valence-electron chi connectivity index (χ1n) is 7.30. The Morgan fingerprint density at radius 1 is 1.40 bits per heavy atom. The van der Waals surface area contributed by atoms with Gasteiger partial charge in [0.2, 0.25) is 0 Å². The molecule has 5 nitrogen and oxygen atoms in total. The molecule has 1 saturated heterocycles. The van der Waals surface area contributed by atoms with Gasteiger partial charge in [-0.3, -0.25) is 0 Å². The SMILES string of the molecule is CC(C)c1nn(OCC2CCOCC2)c2ncccc12. The maximum atomic E-state index is 5.88. The number of fused-ring (bicyclic) bond motifs is 1. The summed E-state index contributed by atoms with van der Waals surface area (Å²) in [6.07, 6.45) is 3.90. The van der Waals surface area contributed by atoms with E-state index < -0.39 is 0 Å². The van der Waals surface area contributed by atoms with Crippen LogP contribution in [0.4, 0.5) is 0 Å². The zero-order valence-electron chi connectivity index (χ0n) is 12.1. The summed E-state index contributed by atoms with van der Waals surface area (Å²) < 4.78 is 5.37. The summed E-state index contributed by atoms with van der Waals surface area (Å²) in [5.74, 6) is 0.906. The summed E-state index contributed by atoms with van der Waals surface area (Å²) in [6, 6.07) is 4.00. The van der Waals surface area contributed by atoms with Crippen molar-refractivity contribution in [3.8, 4) is 0 Å². The molecular formula is C15H21N3O2. The zero-order chi connectivity index (χ0) is 13.9. The number of hydrogen-bond donors (Lipinski definition) is 0. The molecule has 0 atom stereocenters. The molecule has 0 bridgehead atoms. The van der Waals surface area contributed by atoms with Gasteiger partial charge in [-0.1, -0.05) is 18.7 Å². The monoisotopic (exact) mass is 275 g/mol. The Morgan fingerprint density at radius 2 is 2.20 bits per heavy atom. The molecule has 2 aromatic heterocycles. The lowest BCUT2D eigenvalue weighted by atomic mass is 10.0. The van der Waals surface area contributed by atoms with Gasteiger partial charge in [0, 0.05) is 30.7 Å². The second-order valence-electron chi connectivity index (χ2n) is 5.64. The Balaban J connectivity index is 1.80. The fraction of sp³-hybridized carbons (Fsp3) is 0.600. The normalized spacial score (nSPS) is 16.9. The summed E-state index contributed by atoms with van der Waals surface area (Å²) >= 11 is 0. The summed E-state index contributed by atoms with van der Waals surface area (Å²) in [6.45, 7) is 6.62. The topological polar surface area (TPSA) is 49.2 Å². The van der Waals surface area contributed by atoms with Crippen LogP contribution in [0, 0.1) is 5.92 Å². The van der Waals surface area contributed by atoms with Gasteiger partial charge < -0.3 is 9.57 Å². The standard InChI is InChI=1S/C15H21N3O2/c1-11(2)14-13-4-3-7-16-15(13)18(17-14)20-10-12-5-8-19-9-6-12/h3-4,7,11-12H,5-6,8-10H2,1-2H3. The molecule has 0 aliphatic carbocycles. The Labute approximate surface area is 118 Å². The predicted molar refractivity (Wildman–Crippen MR) is 76.6 cm³/mol. The minimum Gasteiger partial charge on any atom is -0.395 e. The van der Waals surface area contributed by atoms with Gasteiger partial charge in [-0.2, -0.15) is 0 Å². The summed E-state index contributed by atoms with van der Waals surface area (Å²) in [7, 11) is 0. The van der Waals surface area contributed by atoms with E-state index in [4.69, 9.17) is 9.57 Å². The number of ether oxygens (including phenoxy) is 1. The van der Waals surface area contributed by atoms with Crippen molar-refractivity contribution in [1.82, 2.24) is 14.9 Å². The van der Waals surface area contributed by atoms with Crippen LogP contribution in [0.15, 0.2) is 18.3 Å². The molecule has 5 heteroatoms. The average molecular weight is 275 g/mol. The highest BCUT2D eigenvalue weighted by Crippen LogP contribution is 2.23. The summed E-state index contributed by atoms with van der Waals surface area (Å²) in [5.41, 5.74) is 1.85. The first-order chi connectivity index (χ1) is 9.75. The van der Waals surface area contributed by atoms with E-state index >= 15 is 0 Å². The van der Waals surface area contributed by atoms with Gasteiger partial charge in [-0.05, 0) is 30.9 Å². The van der Waals surface area contributed by atoms with E-state index in [0.717, 1.165) is 42.8 Å². The van der Waals surface area contributed by atoms with Crippen molar-refractivity contribution in [1.29, 1.82) is 0 Å². The first-order valence-corrected chi connectivity index (χ1v) is 7.30. The molecule has 1 aliphatic rings. The van der Waals surface area contributed by atoms with Gasteiger partial charge in [0.15, 0.2) is 5.65 Å². The third kappa shape index (κ3) is 2.63. The quantitative estimate of drug-likeness (QED) is 0.859. The predicted octanol–water partition coefficient (Wildman–Crippen LogP) is 2.41. The zero-order valence-corrected chi connectivity index (χ0v) is 12.1. The molecule has 1 aliphatic heterocycles. The van der Waals surface area contributed by atoms with Crippen molar-refractivity contribution in [3.63, 3.8) is 0 Å². The highest BCUT2D eigenvalue weighted by molar-refractivity contribution is 5.78. The number of hydrogen-bond acceptors (Lipinski definition) is 4. The van der Waals surface area contributed by atoms with Crippen LogP contribution in [0.2, 0.25) is 0 Å². The van der Waals surface area contributed by atoms with E-state index in [1.165, 1.54) is 0 Å². The molecule has 20 heavy (non-hydrogen) atoms. The number of rotatable bonds is 4. The van der Waals surface area contributed by atoms with Crippen LogP contribution in [0.5, 0.6) is 0 Å². The molecule has 0 radical (unpaired) electrons. The highest BCUT2D eigenvalue weighted by Gasteiger charge is 2.18. The highest BCUT2D eigenvalue weighted by atomic mass is 16.7. The van der Waals surface area contributed by atoms with Gasteiger partial charge in [-0.15, -0.1) is 5.10 Å². The van der Waals surface area contributed by atoms with E-state index in [9.17, 15) is 0 Å². The van der Waals surface area contributed by atoms with E-state index in [0.29, 0.717) is 18.4 Å². The van der Waals surface area contributed by atoms with Crippen molar-refractivity contribution in [2.75, 3.05) is 19.8 Å². The van der Waals surface area contributed by atoms with Crippen LogP contribution in [0.3, 0.4) is 0 Å². The first kappa shape index (κ1) is 13.4. The summed E-state index contributed by atoms with van der Waals surface area (Å²) in [5, 5.41) is 5.65. The minimum atomic E-state index is 0.356. The van der Waals surface area contributed by atoms with Crippen LogP contribution in [-0.2, 0) is 4.74 Å². The number of aromatic nitrogens is 3. The van der Waals surface area contributed by atoms with Gasteiger partial charge in [0.1, 0.15) is 6.61 Å². The van der Waals surface area contributed by atoms with Crippen LogP contribution >= 0.6 is 0 Å². The minimum absolute atomic E-state index is 0.356. The van der Waals surface area contributed by atoms with Crippen LogP contribution in [0.1, 0.15) is 38.3 Å². The van der Waals surface area contributed by atoms with Crippen molar-refractivity contribution in [2.24, 2.45) is 5.92 Å². The van der Waals surface area contributed by atoms with Gasteiger partial charge in [0.05, 0.1) is 5.69 Å². The van der Waals surface area contributed by atoms with Crippen molar-refractivity contribution in [2.45, 2.75) is 32.6 Å². The molecule has 0 aromatic carbocycles. The second kappa shape index (κ2) is 5.79. The van der Waals surface area contributed by atoms with Gasteiger partial charge in [0.25, 0.3) is 0 Å². The van der Waals surface area contributed by atoms with Crippen molar-refractivity contribution < 1.29 is 9.57 Å². The van der Waals surface area contributed by atoms with Crippen LogP contribution < -0.4 is 4.84 Å². The maximum absolute atomic E-state index is 5.88. The molecule has 3 rings (SSSR count).